The predicted octanol–water partition coefficient (Wildman–Crippen LogP) is 3.84. The van der Waals surface area contributed by atoms with Gasteiger partial charge in [-0.15, -0.1) is 23.7 Å². The number of thiazole rings is 1. The van der Waals surface area contributed by atoms with Gasteiger partial charge in [0.05, 0.1) is 10.7 Å². The Morgan fingerprint density at radius 2 is 1.95 bits per heavy atom. The average molecular weight is 299 g/mol. The van der Waals surface area contributed by atoms with Crippen LogP contribution in [0, 0.1) is 5.82 Å². The van der Waals surface area contributed by atoms with Gasteiger partial charge in [-0.05, 0) is 38.1 Å². The average Bonchev–Trinajstić information content (AvgIpc) is 2.90. The molecule has 1 aromatic carbocycles. The standard InChI is InChI=1S/C14H15FN2S.ClH/c15-12-4-2-1-3-11(12)13-9-18-14(17-13)10-5-7-16-8-6-10;/h1-4,9-10,16H,5-8H2;1H. The van der Waals surface area contributed by atoms with E-state index in [0.29, 0.717) is 11.5 Å². The molecule has 1 aliphatic heterocycles. The Hall–Kier alpha value is -0.970. The summed E-state index contributed by atoms with van der Waals surface area (Å²) < 4.78 is 13.7. The molecule has 0 bridgehead atoms. The first-order valence-corrected chi connectivity index (χ1v) is 7.13. The Balaban J connectivity index is 0.00000133. The van der Waals surface area contributed by atoms with Crippen molar-refractivity contribution in [3.8, 4) is 11.3 Å². The van der Waals surface area contributed by atoms with E-state index in [1.165, 1.54) is 6.07 Å². The van der Waals surface area contributed by atoms with Gasteiger partial charge in [0.2, 0.25) is 0 Å². The van der Waals surface area contributed by atoms with Gasteiger partial charge in [0.15, 0.2) is 0 Å². The van der Waals surface area contributed by atoms with Gasteiger partial charge in [-0.2, -0.15) is 0 Å². The molecule has 0 aliphatic carbocycles. The molecule has 102 valence electrons. The van der Waals surface area contributed by atoms with Crippen LogP contribution in [-0.2, 0) is 0 Å². The zero-order valence-electron chi connectivity index (χ0n) is 10.4. The summed E-state index contributed by atoms with van der Waals surface area (Å²) in [6.45, 7) is 2.11. The molecule has 1 aromatic heterocycles. The highest BCUT2D eigenvalue weighted by atomic mass is 35.5. The number of hydrogen-bond donors (Lipinski definition) is 1. The smallest absolute Gasteiger partial charge is 0.132 e. The van der Waals surface area contributed by atoms with E-state index in [9.17, 15) is 4.39 Å². The molecule has 2 aromatic rings. The summed E-state index contributed by atoms with van der Waals surface area (Å²) in [4.78, 5) is 4.62. The molecule has 1 aliphatic rings. The first kappa shape index (κ1) is 14.4. The molecule has 1 fully saturated rings. The monoisotopic (exact) mass is 298 g/mol. The first-order chi connectivity index (χ1) is 8.84. The van der Waals surface area contributed by atoms with Crippen LogP contribution >= 0.6 is 23.7 Å². The number of aromatic nitrogens is 1. The molecular formula is C14H16ClFN2S. The van der Waals surface area contributed by atoms with E-state index in [1.807, 2.05) is 11.4 Å². The van der Waals surface area contributed by atoms with Gasteiger partial charge in [-0.25, -0.2) is 9.37 Å². The van der Waals surface area contributed by atoms with E-state index in [1.54, 1.807) is 23.5 Å². The summed E-state index contributed by atoms with van der Waals surface area (Å²) in [5, 5.41) is 6.46. The fourth-order valence-corrected chi connectivity index (χ4v) is 3.33. The minimum atomic E-state index is -0.195. The molecule has 0 saturated carbocycles. The van der Waals surface area contributed by atoms with Gasteiger partial charge < -0.3 is 5.32 Å². The van der Waals surface area contributed by atoms with Crippen molar-refractivity contribution in [3.05, 3.63) is 40.5 Å². The van der Waals surface area contributed by atoms with Crippen molar-refractivity contribution in [3.63, 3.8) is 0 Å². The molecule has 19 heavy (non-hydrogen) atoms. The zero-order chi connectivity index (χ0) is 12.4. The third-order valence-electron chi connectivity index (χ3n) is 3.36. The van der Waals surface area contributed by atoms with E-state index in [-0.39, 0.29) is 18.2 Å². The lowest BCUT2D eigenvalue weighted by atomic mass is 9.99. The zero-order valence-corrected chi connectivity index (χ0v) is 12.1. The van der Waals surface area contributed by atoms with Crippen LogP contribution in [0.25, 0.3) is 11.3 Å². The molecule has 0 radical (unpaired) electrons. The molecule has 2 nitrogen and oxygen atoms in total. The van der Waals surface area contributed by atoms with Gasteiger partial charge in [-0.1, -0.05) is 12.1 Å². The lowest BCUT2D eigenvalue weighted by molar-refractivity contribution is 0.459. The molecular weight excluding hydrogens is 283 g/mol. The fraction of sp³-hybridized carbons (Fsp3) is 0.357. The van der Waals surface area contributed by atoms with Crippen LogP contribution in [0.5, 0.6) is 0 Å². The van der Waals surface area contributed by atoms with Crippen molar-refractivity contribution in [1.29, 1.82) is 0 Å². The molecule has 0 unspecified atom stereocenters. The van der Waals surface area contributed by atoms with Gasteiger partial charge in [0.25, 0.3) is 0 Å². The summed E-state index contributed by atoms with van der Waals surface area (Å²) in [7, 11) is 0. The van der Waals surface area contributed by atoms with Crippen LogP contribution in [0.1, 0.15) is 23.8 Å². The van der Waals surface area contributed by atoms with Gasteiger partial charge in [-0.3, -0.25) is 0 Å². The highest BCUT2D eigenvalue weighted by Crippen LogP contribution is 2.31. The maximum absolute atomic E-state index is 13.7. The van der Waals surface area contributed by atoms with Crippen LogP contribution in [0.3, 0.4) is 0 Å². The number of piperidine rings is 1. The van der Waals surface area contributed by atoms with Crippen LogP contribution in [0.4, 0.5) is 4.39 Å². The molecule has 0 spiro atoms. The lowest BCUT2D eigenvalue weighted by Gasteiger charge is -2.20. The number of nitrogens with one attached hydrogen (secondary N) is 1. The molecule has 3 rings (SSSR count). The minimum absolute atomic E-state index is 0. The van der Waals surface area contributed by atoms with Gasteiger partial charge in [0.1, 0.15) is 5.82 Å². The highest BCUT2D eigenvalue weighted by Gasteiger charge is 2.19. The van der Waals surface area contributed by atoms with E-state index in [0.717, 1.165) is 36.6 Å². The molecule has 0 amide bonds. The van der Waals surface area contributed by atoms with E-state index in [2.05, 4.69) is 10.3 Å². The van der Waals surface area contributed by atoms with E-state index in [4.69, 9.17) is 0 Å². The van der Waals surface area contributed by atoms with Crippen molar-refractivity contribution in [2.24, 2.45) is 0 Å². The van der Waals surface area contributed by atoms with Crippen LogP contribution in [0.15, 0.2) is 29.6 Å². The Labute approximate surface area is 122 Å². The number of halogens is 2. The SMILES string of the molecule is Cl.Fc1ccccc1-c1csc(C2CCNCC2)n1. The second-order valence-corrected chi connectivity index (χ2v) is 5.46. The third kappa shape index (κ3) is 3.14. The van der Waals surface area contributed by atoms with Crippen molar-refractivity contribution < 1.29 is 4.39 Å². The third-order valence-corrected chi connectivity index (χ3v) is 4.37. The Morgan fingerprint density at radius 1 is 1.21 bits per heavy atom. The van der Waals surface area contributed by atoms with Gasteiger partial charge >= 0.3 is 0 Å². The molecule has 1 N–H and O–H groups in total. The van der Waals surface area contributed by atoms with E-state index >= 15 is 0 Å². The summed E-state index contributed by atoms with van der Waals surface area (Å²) in [5.74, 6) is 0.344. The lowest BCUT2D eigenvalue weighted by Crippen LogP contribution is -2.26. The number of benzene rings is 1. The molecule has 5 heteroatoms. The second-order valence-electron chi connectivity index (χ2n) is 4.58. The van der Waals surface area contributed by atoms with Crippen molar-refractivity contribution in [1.82, 2.24) is 10.3 Å². The predicted molar refractivity (Wildman–Crippen MR) is 79.6 cm³/mol. The maximum Gasteiger partial charge on any atom is 0.132 e. The number of rotatable bonds is 2. The summed E-state index contributed by atoms with van der Waals surface area (Å²) in [6, 6.07) is 6.83. The Bertz CT molecular complexity index is 538. The van der Waals surface area contributed by atoms with Crippen molar-refractivity contribution >= 4 is 23.7 Å². The maximum atomic E-state index is 13.7. The normalized spacial score (nSPS) is 16.1. The van der Waals surface area contributed by atoms with Gasteiger partial charge in [0, 0.05) is 16.9 Å². The fourth-order valence-electron chi connectivity index (χ4n) is 2.34. The summed E-state index contributed by atoms with van der Waals surface area (Å²) in [6.07, 6.45) is 2.26. The largest absolute Gasteiger partial charge is 0.317 e. The van der Waals surface area contributed by atoms with Crippen LogP contribution in [-0.4, -0.2) is 18.1 Å². The van der Waals surface area contributed by atoms with E-state index < -0.39 is 0 Å². The Morgan fingerprint density at radius 3 is 2.68 bits per heavy atom. The summed E-state index contributed by atoms with van der Waals surface area (Å²) >= 11 is 1.65. The molecule has 2 heterocycles. The first-order valence-electron chi connectivity index (χ1n) is 6.25. The number of nitrogens with zero attached hydrogens (tertiary/aromatic N) is 1. The summed E-state index contributed by atoms with van der Waals surface area (Å²) in [5.41, 5.74) is 1.38. The molecule has 0 atom stereocenters. The quantitative estimate of drug-likeness (QED) is 0.911. The van der Waals surface area contributed by atoms with Crippen molar-refractivity contribution in [2.45, 2.75) is 18.8 Å². The van der Waals surface area contributed by atoms with Crippen LogP contribution < -0.4 is 5.32 Å². The highest BCUT2D eigenvalue weighted by molar-refractivity contribution is 7.10. The topological polar surface area (TPSA) is 24.9 Å². The van der Waals surface area contributed by atoms with Crippen LogP contribution in [0.2, 0.25) is 0 Å². The second kappa shape index (κ2) is 6.46. The van der Waals surface area contributed by atoms with Crippen molar-refractivity contribution in [2.75, 3.05) is 13.1 Å². The minimum Gasteiger partial charge on any atom is -0.317 e. The Kier molecular flexibility index (Phi) is 4.91. The number of hydrogen-bond acceptors (Lipinski definition) is 3. The molecule has 1 saturated heterocycles.